The molecule has 0 aromatic rings. The fraction of sp³-hybridized carbons (Fsp3) is 0.600. The molecule has 1 aliphatic rings. The summed E-state index contributed by atoms with van der Waals surface area (Å²) in [7, 11) is 0. The number of likely N-dealkylation sites (tertiary alicyclic amines) is 1. The number of aliphatic carboxylic acids is 1. The van der Waals surface area contributed by atoms with Crippen LogP contribution in [0, 0.1) is 11.3 Å². The molecule has 1 rings (SSSR count). The lowest BCUT2D eigenvalue weighted by atomic mass is 9.81. The topological polar surface area (TPSA) is 57.6 Å². The second-order valence-electron chi connectivity index (χ2n) is 5.47. The molecule has 0 radical (unpaired) electrons. The molecule has 1 atom stereocenters. The van der Waals surface area contributed by atoms with Crippen LogP contribution in [-0.2, 0) is 9.59 Å². The number of hydrogen-bond acceptors (Lipinski definition) is 2. The molecule has 1 fully saturated rings. The van der Waals surface area contributed by atoms with Gasteiger partial charge in [0.25, 0.3) is 0 Å². The first-order valence-corrected chi connectivity index (χ1v) is 6.68. The standard InChI is InChI=1S/C15H23NO3/c1-4-7-12(8-5-2)13(17)16-10-6-9-15(3,11-16)14(18)19/h4-5,12H,1-2,6-11H2,3H3,(H,18,19). The van der Waals surface area contributed by atoms with Crippen molar-refractivity contribution in [2.24, 2.45) is 11.3 Å². The van der Waals surface area contributed by atoms with Gasteiger partial charge >= 0.3 is 5.97 Å². The lowest BCUT2D eigenvalue weighted by Crippen LogP contribution is -2.50. The number of allylic oxidation sites excluding steroid dienone is 2. The molecular formula is C15H23NO3. The third kappa shape index (κ3) is 3.69. The van der Waals surface area contributed by atoms with Gasteiger partial charge in [-0.05, 0) is 32.6 Å². The van der Waals surface area contributed by atoms with E-state index in [0.717, 1.165) is 6.42 Å². The van der Waals surface area contributed by atoms with Crippen LogP contribution in [0.5, 0.6) is 0 Å². The number of carboxylic acids is 1. The van der Waals surface area contributed by atoms with Gasteiger partial charge in [0, 0.05) is 19.0 Å². The molecule has 1 heterocycles. The second-order valence-corrected chi connectivity index (χ2v) is 5.47. The summed E-state index contributed by atoms with van der Waals surface area (Å²) in [6.45, 7) is 9.99. The van der Waals surface area contributed by atoms with Crippen molar-refractivity contribution in [2.45, 2.75) is 32.6 Å². The molecule has 4 heteroatoms. The van der Waals surface area contributed by atoms with Gasteiger partial charge in [-0.1, -0.05) is 12.2 Å². The average Bonchev–Trinajstić information content (AvgIpc) is 2.37. The summed E-state index contributed by atoms with van der Waals surface area (Å²) in [5.41, 5.74) is -0.819. The van der Waals surface area contributed by atoms with Crippen molar-refractivity contribution in [1.29, 1.82) is 0 Å². The molecule has 4 nitrogen and oxygen atoms in total. The van der Waals surface area contributed by atoms with Crippen LogP contribution in [0.2, 0.25) is 0 Å². The van der Waals surface area contributed by atoms with E-state index in [2.05, 4.69) is 13.2 Å². The van der Waals surface area contributed by atoms with Crippen LogP contribution in [0.1, 0.15) is 32.6 Å². The summed E-state index contributed by atoms with van der Waals surface area (Å²) < 4.78 is 0. The van der Waals surface area contributed by atoms with E-state index < -0.39 is 11.4 Å². The van der Waals surface area contributed by atoms with Crippen LogP contribution in [-0.4, -0.2) is 35.0 Å². The number of nitrogens with zero attached hydrogens (tertiary/aromatic N) is 1. The molecular weight excluding hydrogens is 242 g/mol. The fourth-order valence-corrected chi connectivity index (χ4v) is 2.56. The largest absolute Gasteiger partial charge is 0.481 e. The molecule has 1 N–H and O–H groups in total. The molecule has 19 heavy (non-hydrogen) atoms. The maximum Gasteiger partial charge on any atom is 0.311 e. The number of carbonyl (C=O) groups excluding carboxylic acids is 1. The highest BCUT2D eigenvalue weighted by molar-refractivity contribution is 5.81. The van der Waals surface area contributed by atoms with Crippen molar-refractivity contribution >= 4 is 11.9 Å². The highest BCUT2D eigenvalue weighted by atomic mass is 16.4. The predicted octanol–water partition coefficient (Wildman–Crippen LogP) is 2.47. The van der Waals surface area contributed by atoms with E-state index in [4.69, 9.17) is 0 Å². The first-order valence-electron chi connectivity index (χ1n) is 6.68. The summed E-state index contributed by atoms with van der Waals surface area (Å²) in [6, 6.07) is 0. The number of amides is 1. The van der Waals surface area contributed by atoms with E-state index in [9.17, 15) is 14.7 Å². The van der Waals surface area contributed by atoms with Gasteiger partial charge in [0.2, 0.25) is 5.91 Å². The van der Waals surface area contributed by atoms with E-state index in [0.29, 0.717) is 32.4 Å². The highest BCUT2D eigenvalue weighted by Crippen LogP contribution is 2.31. The quantitative estimate of drug-likeness (QED) is 0.751. The van der Waals surface area contributed by atoms with Crippen LogP contribution in [0.4, 0.5) is 0 Å². The Kier molecular flexibility index (Phi) is 5.33. The Balaban J connectivity index is 2.77. The van der Waals surface area contributed by atoms with E-state index in [-0.39, 0.29) is 11.8 Å². The number of carboxylic acid groups (broad SMARTS) is 1. The van der Waals surface area contributed by atoms with E-state index >= 15 is 0 Å². The van der Waals surface area contributed by atoms with Gasteiger partial charge in [0.15, 0.2) is 0 Å². The molecule has 0 aliphatic carbocycles. The third-order valence-electron chi connectivity index (χ3n) is 3.78. The molecule has 0 bridgehead atoms. The van der Waals surface area contributed by atoms with Crippen LogP contribution >= 0.6 is 0 Å². The Morgan fingerprint density at radius 2 is 1.95 bits per heavy atom. The van der Waals surface area contributed by atoms with Crippen molar-refractivity contribution in [3.63, 3.8) is 0 Å². The lowest BCUT2D eigenvalue weighted by Gasteiger charge is -2.38. The zero-order chi connectivity index (χ0) is 14.5. The van der Waals surface area contributed by atoms with Crippen LogP contribution in [0.3, 0.4) is 0 Å². The minimum atomic E-state index is -0.825. The van der Waals surface area contributed by atoms with Crippen molar-refractivity contribution in [3.8, 4) is 0 Å². The third-order valence-corrected chi connectivity index (χ3v) is 3.78. The van der Waals surface area contributed by atoms with Gasteiger partial charge in [0.05, 0.1) is 5.41 Å². The number of hydrogen-bond donors (Lipinski definition) is 1. The van der Waals surface area contributed by atoms with Gasteiger partial charge in [-0.3, -0.25) is 9.59 Å². The average molecular weight is 265 g/mol. The summed E-state index contributed by atoms with van der Waals surface area (Å²) in [6.07, 6.45) is 6.03. The smallest absolute Gasteiger partial charge is 0.311 e. The number of rotatable bonds is 6. The molecule has 0 aromatic heterocycles. The summed E-state index contributed by atoms with van der Waals surface area (Å²) >= 11 is 0. The lowest BCUT2D eigenvalue weighted by molar-refractivity contribution is -0.154. The van der Waals surface area contributed by atoms with Crippen molar-refractivity contribution in [1.82, 2.24) is 4.90 Å². The minimum absolute atomic E-state index is 0.0203. The van der Waals surface area contributed by atoms with Gasteiger partial charge < -0.3 is 10.0 Å². The summed E-state index contributed by atoms with van der Waals surface area (Å²) in [4.78, 5) is 25.4. The Morgan fingerprint density at radius 3 is 2.42 bits per heavy atom. The Bertz CT molecular complexity index is 368. The molecule has 0 saturated carbocycles. The maximum atomic E-state index is 12.4. The maximum absolute atomic E-state index is 12.4. The zero-order valence-electron chi connectivity index (χ0n) is 11.6. The summed E-state index contributed by atoms with van der Waals surface area (Å²) in [5, 5.41) is 9.27. The number of carbonyl (C=O) groups is 2. The van der Waals surface area contributed by atoms with Crippen LogP contribution in [0.25, 0.3) is 0 Å². The minimum Gasteiger partial charge on any atom is -0.481 e. The SMILES string of the molecule is C=CCC(CC=C)C(=O)N1CCCC(C)(C(=O)O)C1. The molecule has 1 aliphatic heterocycles. The molecule has 1 unspecified atom stereocenters. The Hall–Kier alpha value is -1.58. The van der Waals surface area contributed by atoms with Gasteiger partial charge in [-0.2, -0.15) is 0 Å². The van der Waals surface area contributed by atoms with Gasteiger partial charge in [0.1, 0.15) is 0 Å². The normalized spacial score (nSPS) is 23.2. The molecule has 1 saturated heterocycles. The zero-order valence-corrected chi connectivity index (χ0v) is 11.6. The van der Waals surface area contributed by atoms with Crippen molar-refractivity contribution in [3.05, 3.63) is 25.3 Å². The van der Waals surface area contributed by atoms with Gasteiger partial charge in [-0.15, -0.1) is 13.2 Å². The van der Waals surface area contributed by atoms with E-state index in [1.54, 1.807) is 24.0 Å². The van der Waals surface area contributed by atoms with Crippen LogP contribution in [0.15, 0.2) is 25.3 Å². The van der Waals surface area contributed by atoms with Crippen LogP contribution < -0.4 is 0 Å². The first kappa shape index (κ1) is 15.5. The summed E-state index contributed by atoms with van der Waals surface area (Å²) in [5.74, 6) is -0.966. The van der Waals surface area contributed by atoms with Crippen molar-refractivity contribution < 1.29 is 14.7 Å². The first-order chi connectivity index (χ1) is 8.94. The van der Waals surface area contributed by atoms with Crippen molar-refractivity contribution in [2.75, 3.05) is 13.1 Å². The Labute approximate surface area is 114 Å². The second kappa shape index (κ2) is 6.55. The van der Waals surface area contributed by atoms with E-state index in [1.807, 2.05) is 0 Å². The van der Waals surface area contributed by atoms with Gasteiger partial charge in [-0.25, -0.2) is 0 Å². The predicted molar refractivity (Wildman–Crippen MR) is 74.7 cm³/mol. The molecule has 0 aromatic carbocycles. The van der Waals surface area contributed by atoms with E-state index in [1.165, 1.54) is 0 Å². The fourth-order valence-electron chi connectivity index (χ4n) is 2.56. The monoisotopic (exact) mass is 265 g/mol. The number of piperidine rings is 1. The molecule has 1 amide bonds. The molecule has 0 spiro atoms. The highest BCUT2D eigenvalue weighted by Gasteiger charge is 2.40. The Morgan fingerprint density at radius 1 is 1.37 bits per heavy atom. The molecule has 106 valence electrons.